The number of hydrogen-bond donors (Lipinski definition) is 1. The topological polar surface area (TPSA) is 69.0 Å². The summed E-state index contributed by atoms with van der Waals surface area (Å²) in [5.74, 6) is -0.240. The number of hydrogen-bond acceptors (Lipinski definition) is 4. The summed E-state index contributed by atoms with van der Waals surface area (Å²) in [4.78, 5) is 18.7. The number of para-hydroxylation sites is 1. The molecule has 0 aliphatic rings. The fourth-order valence-electron chi connectivity index (χ4n) is 2.40. The Morgan fingerprint density at radius 1 is 1.17 bits per heavy atom. The third-order valence-corrected chi connectivity index (χ3v) is 3.70. The molecule has 3 aromatic rings. The maximum absolute atomic E-state index is 12.0. The molecule has 124 valence electrons. The lowest BCUT2D eigenvalue weighted by atomic mass is 10.1. The third kappa shape index (κ3) is 3.90. The van der Waals surface area contributed by atoms with Crippen molar-refractivity contribution in [1.29, 1.82) is 0 Å². The minimum atomic E-state index is -0.240. The maximum Gasteiger partial charge on any atom is 0.265 e. The zero-order chi connectivity index (χ0) is 16.8. The van der Waals surface area contributed by atoms with Crippen molar-refractivity contribution in [3.63, 3.8) is 0 Å². The monoisotopic (exact) mass is 324 g/mol. The number of carbonyl (C=O) groups excluding carboxylic acids is 1. The second-order valence-corrected chi connectivity index (χ2v) is 5.57. The van der Waals surface area contributed by atoms with E-state index in [-0.39, 0.29) is 12.5 Å². The van der Waals surface area contributed by atoms with E-state index in [9.17, 15) is 4.79 Å². The summed E-state index contributed by atoms with van der Waals surface area (Å²) in [6.45, 7) is 2.04. The summed E-state index contributed by atoms with van der Waals surface area (Å²) in [6, 6.07) is 15.3. The molecule has 0 aliphatic carbocycles. The van der Waals surface area contributed by atoms with Gasteiger partial charge in [-0.25, -0.2) is 0 Å². The highest BCUT2D eigenvalue weighted by Gasteiger charge is 2.08. The van der Waals surface area contributed by atoms with Crippen LogP contribution in [-0.2, 0) is 11.2 Å². The van der Waals surface area contributed by atoms with Gasteiger partial charge in [0.2, 0.25) is 0 Å². The lowest BCUT2D eigenvalue weighted by molar-refractivity contribution is -0.121. The van der Waals surface area contributed by atoms with Crippen LogP contribution in [0.25, 0.3) is 11.0 Å². The van der Waals surface area contributed by atoms with Crippen LogP contribution >= 0.6 is 0 Å². The van der Waals surface area contributed by atoms with Crippen molar-refractivity contribution in [2.45, 2.75) is 26.2 Å². The zero-order valence-electron chi connectivity index (χ0n) is 13.6. The Hall–Kier alpha value is -2.89. The number of nitrogens with one attached hydrogen (secondary N) is 1. The van der Waals surface area contributed by atoms with Gasteiger partial charge in [-0.2, -0.15) is 0 Å². The smallest absolute Gasteiger partial charge is 0.265 e. The quantitative estimate of drug-likeness (QED) is 0.725. The summed E-state index contributed by atoms with van der Waals surface area (Å²) in [6.07, 6.45) is 3.41. The summed E-state index contributed by atoms with van der Waals surface area (Å²) in [5.41, 5.74) is 3.48. The number of carbonyl (C=O) groups is 1. The number of rotatable bonds is 7. The van der Waals surface area contributed by atoms with Gasteiger partial charge in [-0.3, -0.25) is 4.79 Å². The van der Waals surface area contributed by atoms with E-state index < -0.39 is 0 Å². The van der Waals surface area contributed by atoms with Crippen LogP contribution in [-0.4, -0.2) is 27.7 Å². The lowest BCUT2D eigenvalue weighted by Gasteiger charge is -2.08. The lowest BCUT2D eigenvalue weighted by Crippen LogP contribution is -2.26. The molecule has 2 aromatic carbocycles. The molecule has 1 amide bonds. The van der Waals surface area contributed by atoms with E-state index in [4.69, 9.17) is 4.84 Å². The molecule has 1 aromatic heterocycles. The maximum atomic E-state index is 12.0. The van der Waals surface area contributed by atoms with Crippen LogP contribution in [0, 0.1) is 0 Å². The molecule has 0 fully saturated rings. The number of amides is 1. The largest absolute Gasteiger partial charge is 0.385 e. The number of aromatic nitrogens is 3. The molecule has 6 heteroatoms. The number of anilines is 1. The van der Waals surface area contributed by atoms with Gasteiger partial charge < -0.3 is 10.2 Å². The van der Waals surface area contributed by atoms with Crippen LogP contribution in [0.1, 0.15) is 25.3 Å². The predicted octanol–water partition coefficient (Wildman–Crippen LogP) is 2.84. The van der Waals surface area contributed by atoms with Crippen molar-refractivity contribution in [3.05, 3.63) is 54.1 Å². The van der Waals surface area contributed by atoms with Gasteiger partial charge in [0, 0.05) is 5.69 Å². The van der Waals surface area contributed by atoms with Gasteiger partial charge in [-0.05, 0) is 47.9 Å². The van der Waals surface area contributed by atoms with Crippen LogP contribution in [0.2, 0.25) is 0 Å². The van der Waals surface area contributed by atoms with Crippen molar-refractivity contribution in [2.75, 3.05) is 11.9 Å². The Kier molecular flexibility index (Phi) is 5.05. The van der Waals surface area contributed by atoms with Crippen molar-refractivity contribution in [1.82, 2.24) is 15.2 Å². The molecule has 0 unspecified atom stereocenters. The van der Waals surface area contributed by atoms with Crippen LogP contribution in [0.5, 0.6) is 0 Å². The number of aryl methyl sites for hydroxylation is 1. The normalized spacial score (nSPS) is 10.7. The number of benzene rings is 2. The average Bonchev–Trinajstić information content (AvgIpc) is 3.03. The van der Waals surface area contributed by atoms with Gasteiger partial charge in [0.05, 0.1) is 0 Å². The van der Waals surface area contributed by atoms with Crippen molar-refractivity contribution in [3.8, 4) is 0 Å². The SMILES string of the molecule is CCCCc1ccc(NC(=O)COn2nnc3ccccc32)cc1. The minimum absolute atomic E-state index is 0.134. The van der Waals surface area contributed by atoms with E-state index in [0.29, 0.717) is 0 Å². The van der Waals surface area contributed by atoms with E-state index >= 15 is 0 Å². The highest BCUT2D eigenvalue weighted by molar-refractivity contribution is 5.91. The Morgan fingerprint density at radius 2 is 1.96 bits per heavy atom. The van der Waals surface area contributed by atoms with E-state index in [1.54, 1.807) is 0 Å². The first-order valence-electron chi connectivity index (χ1n) is 8.09. The Bertz CT molecular complexity index is 811. The molecule has 0 saturated carbocycles. The van der Waals surface area contributed by atoms with E-state index in [2.05, 4.69) is 22.6 Å². The molecular weight excluding hydrogens is 304 g/mol. The molecule has 0 radical (unpaired) electrons. The van der Waals surface area contributed by atoms with E-state index in [1.807, 2.05) is 48.5 Å². The molecule has 1 heterocycles. The number of nitrogens with zero attached hydrogens (tertiary/aromatic N) is 3. The van der Waals surface area contributed by atoms with Gasteiger partial charge in [0.15, 0.2) is 6.61 Å². The molecule has 24 heavy (non-hydrogen) atoms. The van der Waals surface area contributed by atoms with Gasteiger partial charge in [0.25, 0.3) is 5.91 Å². The van der Waals surface area contributed by atoms with Crippen molar-refractivity contribution >= 4 is 22.6 Å². The third-order valence-electron chi connectivity index (χ3n) is 3.70. The Labute approximate surface area is 140 Å². The summed E-state index contributed by atoms with van der Waals surface area (Å²) in [5, 5.41) is 10.7. The first-order chi connectivity index (χ1) is 11.8. The van der Waals surface area contributed by atoms with Crippen LogP contribution in [0.4, 0.5) is 5.69 Å². The molecule has 3 rings (SSSR count). The zero-order valence-corrected chi connectivity index (χ0v) is 13.6. The second-order valence-electron chi connectivity index (χ2n) is 5.57. The molecule has 1 N–H and O–H groups in total. The highest BCUT2D eigenvalue weighted by Crippen LogP contribution is 2.12. The average molecular weight is 324 g/mol. The van der Waals surface area contributed by atoms with Crippen LogP contribution in [0.3, 0.4) is 0 Å². The predicted molar refractivity (Wildman–Crippen MR) is 92.7 cm³/mol. The van der Waals surface area contributed by atoms with Gasteiger partial charge in [-0.1, -0.05) is 42.5 Å². The molecular formula is C18H20N4O2. The molecule has 0 aliphatic heterocycles. The molecule has 6 nitrogen and oxygen atoms in total. The first kappa shape index (κ1) is 16.0. The van der Waals surface area contributed by atoms with Gasteiger partial charge in [-0.15, -0.1) is 5.10 Å². The Balaban J connectivity index is 1.54. The molecule has 0 spiro atoms. The van der Waals surface area contributed by atoms with Crippen molar-refractivity contribution < 1.29 is 9.63 Å². The fraction of sp³-hybridized carbons (Fsp3) is 0.278. The standard InChI is InChI=1S/C18H20N4O2/c1-2-3-6-14-9-11-15(12-10-14)19-18(23)13-24-22-17-8-5-4-7-16(17)20-21-22/h4-5,7-12H,2-3,6,13H2,1H3,(H,19,23). The van der Waals surface area contributed by atoms with E-state index in [0.717, 1.165) is 23.1 Å². The van der Waals surface area contributed by atoms with Crippen LogP contribution < -0.4 is 10.2 Å². The van der Waals surface area contributed by atoms with Gasteiger partial charge in [0.1, 0.15) is 11.0 Å². The Morgan fingerprint density at radius 3 is 2.75 bits per heavy atom. The second kappa shape index (κ2) is 7.59. The molecule has 0 atom stereocenters. The van der Waals surface area contributed by atoms with E-state index in [1.165, 1.54) is 23.3 Å². The van der Waals surface area contributed by atoms with Crippen molar-refractivity contribution in [2.24, 2.45) is 0 Å². The summed E-state index contributed by atoms with van der Waals surface area (Å²) in [7, 11) is 0. The minimum Gasteiger partial charge on any atom is -0.385 e. The highest BCUT2D eigenvalue weighted by atomic mass is 16.7. The van der Waals surface area contributed by atoms with Gasteiger partial charge >= 0.3 is 0 Å². The fourth-order valence-corrected chi connectivity index (χ4v) is 2.40. The van der Waals surface area contributed by atoms with Crippen LogP contribution in [0.15, 0.2) is 48.5 Å². The molecule has 0 bridgehead atoms. The molecule has 0 saturated heterocycles. The summed E-state index contributed by atoms with van der Waals surface area (Å²) >= 11 is 0. The first-order valence-corrected chi connectivity index (χ1v) is 8.09. The summed E-state index contributed by atoms with van der Waals surface area (Å²) < 4.78 is 0. The number of fused-ring (bicyclic) bond motifs is 1. The number of unbranched alkanes of at least 4 members (excludes halogenated alkanes) is 1.